The normalized spacial score (nSPS) is 25.2. The van der Waals surface area contributed by atoms with Crippen molar-refractivity contribution in [1.29, 1.82) is 0 Å². The first kappa shape index (κ1) is 16.0. The maximum atomic E-state index is 13.5. The van der Waals surface area contributed by atoms with Gasteiger partial charge in [0, 0.05) is 0 Å². The van der Waals surface area contributed by atoms with Crippen molar-refractivity contribution in [3.05, 3.63) is 35.1 Å². The molecule has 1 aliphatic rings. The highest BCUT2D eigenvalue weighted by molar-refractivity contribution is 5.38. The van der Waals surface area contributed by atoms with Crippen molar-refractivity contribution in [3.63, 3.8) is 0 Å². The summed E-state index contributed by atoms with van der Waals surface area (Å²) < 4.78 is 25.1. The van der Waals surface area contributed by atoms with Gasteiger partial charge in [-0.05, 0) is 44.4 Å². The van der Waals surface area contributed by atoms with Gasteiger partial charge in [0.05, 0.1) is 30.5 Å². The lowest BCUT2D eigenvalue weighted by atomic mass is 10.0. The first-order valence-corrected chi connectivity index (χ1v) is 7.23. The van der Waals surface area contributed by atoms with Gasteiger partial charge in [-0.2, -0.15) is 0 Å². The van der Waals surface area contributed by atoms with Crippen LogP contribution in [-0.2, 0) is 16.1 Å². The first-order valence-electron chi connectivity index (χ1n) is 7.23. The van der Waals surface area contributed by atoms with E-state index >= 15 is 0 Å². The average Bonchev–Trinajstić information content (AvgIpc) is 2.44. The molecule has 1 aromatic carbocycles. The second-order valence-electron chi connectivity index (χ2n) is 5.44. The van der Waals surface area contributed by atoms with Crippen LogP contribution in [0.4, 0.5) is 4.39 Å². The molecule has 1 saturated heterocycles. The van der Waals surface area contributed by atoms with E-state index in [4.69, 9.17) is 14.6 Å². The van der Waals surface area contributed by atoms with Gasteiger partial charge in [-0.15, -0.1) is 0 Å². The number of rotatable bonds is 3. The van der Waals surface area contributed by atoms with E-state index in [1.807, 2.05) is 13.8 Å². The van der Waals surface area contributed by atoms with Gasteiger partial charge >= 0.3 is 0 Å². The van der Waals surface area contributed by atoms with Crippen LogP contribution in [0.3, 0.4) is 0 Å². The van der Waals surface area contributed by atoms with E-state index in [1.54, 1.807) is 12.1 Å². The summed E-state index contributed by atoms with van der Waals surface area (Å²) in [5.74, 6) is 4.68. The minimum Gasteiger partial charge on any atom is -0.384 e. The van der Waals surface area contributed by atoms with E-state index in [9.17, 15) is 4.39 Å². The van der Waals surface area contributed by atoms with Crippen molar-refractivity contribution in [2.75, 3.05) is 6.61 Å². The highest BCUT2D eigenvalue weighted by Gasteiger charge is 2.24. The van der Waals surface area contributed by atoms with Crippen LogP contribution in [0.2, 0.25) is 0 Å². The third-order valence-electron chi connectivity index (χ3n) is 3.47. The molecule has 21 heavy (non-hydrogen) atoms. The summed E-state index contributed by atoms with van der Waals surface area (Å²) in [6, 6.07) is 4.76. The monoisotopic (exact) mass is 292 g/mol. The van der Waals surface area contributed by atoms with Crippen LogP contribution in [-0.4, -0.2) is 30.0 Å². The first-order chi connectivity index (χ1) is 10.1. The van der Waals surface area contributed by atoms with Gasteiger partial charge in [-0.25, -0.2) is 4.39 Å². The van der Waals surface area contributed by atoms with Crippen LogP contribution in [0, 0.1) is 17.7 Å². The predicted molar refractivity (Wildman–Crippen MR) is 78.2 cm³/mol. The number of hydrogen-bond acceptors (Lipinski definition) is 3. The van der Waals surface area contributed by atoms with Crippen LogP contribution >= 0.6 is 0 Å². The summed E-state index contributed by atoms with van der Waals surface area (Å²) in [5, 5.41) is 8.68. The number of ether oxygens (including phenoxy) is 2. The van der Waals surface area contributed by atoms with E-state index in [1.165, 1.54) is 6.07 Å². The Bertz CT molecular complexity index is 523. The van der Waals surface area contributed by atoms with Crippen molar-refractivity contribution in [2.45, 2.75) is 51.6 Å². The molecule has 1 aromatic rings. The summed E-state index contributed by atoms with van der Waals surface area (Å²) in [6.07, 6.45) is 2.34. The molecular formula is C17H21FO3. The van der Waals surface area contributed by atoms with E-state index in [0.717, 1.165) is 18.4 Å². The molecule has 0 bridgehead atoms. The lowest BCUT2D eigenvalue weighted by Crippen LogP contribution is -2.33. The van der Waals surface area contributed by atoms with Gasteiger partial charge in [-0.1, -0.05) is 17.9 Å². The van der Waals surface area contributed by atoms with Crippen LogP contribution in [0.1, 0.15) is 37.8 Å². The maximum absolute atomic E-state index is 13.5. The van der Waals surface area contributed by atoms with Crippen LogP contribution in [0.15, 0.2) is 18.2 Å². The third kappa shape index (κ3) is 4.82. The van der Waals surface area contributed by atoms with Crippen molar-refractivity contribution in [2.24, 2.45) is 0 Å². The Hall–Kier alpha value is -1.41. The minimum absolute atomic E-state index is 0.167. The molecule has 1 heterocycles. The summed E-state index contributed by atoms with van der Waals surface area (Å²) in [7, 11) is 0. The summed E-state index contributed by atoms with van der Waals surface area (Å²) >= 11 is 0. The van der Waals surface area contributed by atoms with Crippen LogP contribution in [0.5, 0.6) is 0 Å². The molecule has 2 rings (SSSR count). The van der Waals surface area contributed by atoms with E-state index in [2.05, 4.69) is 11.8 Å². The molecule has 0 radical (unpaired) electrons. The standard InChI is InChI=1S/C17H21FO3/c1-12-8-16(9-13(2)21-12)20-11-14-5-6-17(18)15(10-14)4-3-7-19/h5-6,10,12-13,16,19H,7-9,11H2,1-2H3. The van der Waals surface area contributed by atoms with Gasteiger partial charge in [0.15, 0.2) is 0 Å². The van der Waals surface area contributed by atoms with Gasteiger partial charge < -0.3 is 14.6 Å². The summed E-state index contributed by atoms with van der Waals surface area (Å²) in [4.78, 5) is 0. The fraction of sp³-hybridized carbons (Fsp3) is 0.529. The van der Waals surface area contributed by atoms with Crippen molar-refractivity contribution >= 4 is 0 Å². The van der Waals surface area contributed by atoms with E-state index in [0.29, 0.717) is 12.2 Å². The van der Waals surface area contributed by atoms with Gasteiger partial charge in [-0.3, -0.25) is 0 Å². The lowest BCUT2D eigenvalue weighted by molar-refractivity contribution is -0.106. The van der Waals surface area contributed by atoms with Crippen LogP contribution < -0.4 is 0 Å². The Balaban J connectivity index is 1.97. The van der Waals surface area contributed by atoms with Gasteiger partial charge in [0.2, 0.25) is 0 Å². The number of hydrogen-bond donors (Lipinski definition) is 1. The quantitative estimate of drug-likeness (QED) is 0.871. The summed E-state index contributed by atoms with van der Waals surface area (Å²) in [5.41, 5.74) is 1.17. The average molecular weight is 292 g/mol. The molecule has 2 atom stereocenters. The Morgan fingerprint density at radius 3 is 2.71 bits per heavy atom. The molecule has 3 nitrogen and oxygen atoms in total. The van der Waals surface area contributed by atoms with Crippen molar-refractivity contribution in [1.82, 2.24) is 0 Å². The van der Waals surface area contributed by atoms with Gasteiger partial charge in [0.1, 0.15) is 12.4 Å². The molecule has 0 amide bonds. The minimum atomic E-state index is -0.381. The molecule has 114 valence electrons. The summed E-state index contributed by atoms with van der Waals surface area (Å²) in [6.45, 7) is 4.25. The highest BCUT2D eigenvalue weighted by Crippen LogP contribution is 2.23. The molecule has 1 N–H and O–H groups in total. The molecule has 0 saturated carbocycles. The molecule has 4 heteroatoms. The molecule has 0 spiro atoms. The number of benzene rings is 1. The second-order valence-corrected chi connectivity index (χ2v) is 5.44. The smallest absolute Gasteiger partial charge is 0.138 e. The molecular weight excluding hydrogens is 271 g/mol. The number of aliphatic hydroxyl groups is 1. The predicted octanol–water partition coefficient (Wildman–Crippen LogP) is 2.64. The molecule has 0 aliphatic carbocycles. The SMILES string of the molecule is CC1CC(OCc2ccc(F)c(C#CCO)c2)CC(C)O1. The highest BCUT2D eigenvalue weighted by atomic mass is 19.1. The Morgan fingerprint density at radius 2 is 2.05 bits per heavy atom. The maximum Gasteiger partial charge on any atom is 0.138 e. The van der Waals surface area contributed by atoms with E-state index in [-0.39, 0.29) is 30.7 Å². The molecule has 1 aliphatic heterocycles. The van der Waals surface area contributed by atoms with E-state index < -0.39 is 0 Å². The second kappa shape index (κ2) is 7.56. The third-order valence-corrected chi connectivity index (χ3v) is 3.47. The Kier molecular flexibility index (Phi) is 5.75. The number of aliphatic hydroxyl groups excluding tert-OH is 1. The lowest BCUT2D eigenvalue weighted by Gasteiger charge is -2.32. The zero-order chi connectivity index (χ0) is 15.2. The number of halogens is 1. The zero-order valence-corrected chi connectivity index (χ0v) is 12.4. The Labute approximate surface area is 125 Å². The fourth-order valence-electron chi connectivity index (χ4n) is 2.59. The molecule has 1 fully saturated rings. The van der Waals surface area contributed by atoms with Crippen LogP contribution in [0.25, 0.3) is 0 Å². The van der Waals surface area contributed by atoms with Gasteiger partial charge in [0.25, 0.3) is 0 Å². The topological polar surface area (TPSA) is 38.7 Å². The zero-order valence-electron chi connectivity index (χ0n) is 12.4. The largest absolute Gasteiger partial charge is 0.384 e. The van der Waals surface area contributed by atoms with Crippen molar-refractivity contribution < 1.29 is 19.0 Å². The Morgan fingerprint density at radius 1 is 1.33 bits per heavy atom. The fourth-order valence-corrected chi connectivity index (χ4v) is 2.59. The van der Waals surface area contributed by atoms with Crippen molar-refractivity contribution in [3.8, 4) is 11.8 Å². The molecule has 0 aromatic heterocycles. The molecule has 2 unspecified atom stereocenters.